The summed E-state index contributed by atoms with van der Waals surface area (Å²) in [4.78, 5) is 37.4. The highest BCUT2D eigenvalue weighted by atomic mass is 32.1. The zero-order valence-electron chi connectivity index (χ0n) is 13.9. The maximum atomic E-state index is 12.2. The van der Waals surface area contributed by atoms with Gasteiger partial charge in [0.15, 0.2) is 5.76 Å². The number of carbonyl (C=O) groups is 3. The van der Waals surface area contributed by atoms with Crippen molar-refractivity contribution in [2.24, 2.45) is 0 Å². The molecular formula is C19H16N2O4S. The lowest BCUT2D eigenvalue weighted by Crippen LogP contribution is -2.34. The van der Waals surface area contributed by atoms with Crippen molar-refractivity contribution < 1.29 is 18.8 Å². The third-order valence-corrected chi connectivity index (χ3v) is 4.74. The van der Waals surface area contributed by atoms with Crippen LogP contribution < -0.4 is 10.6 Å². The predicted octanol–water partition coefficient (Wildman–Crippen LogP) is 3.14. The van der Waals surface area contributed by atoms with Crippen molar-refractivity contribution in [1.82, 2.24) is 5.32 Å². The minimum atomic E-state index is -0.736. The topological polar surface area (TPSA) is 88.4 Å². The van der Waals surface area contributed by atoms with E-state index in [0.29, 0.717) is 10.6 Å². The maximum Gasteiger partial charge on any atom is 0.313 e. The summed E-state index contributed by atoms with van der Waals surface area (Å²) in [7, 11) is 0. The van der Waals surface area contributed by atoms with E-state index in [2.05, 4.69) is 10.6 Å². The molecule has 2 aromatic heterocycles. The van der Waals surface area contributed by atoms with Gasteiger partial charge >= 0.3 is 11.8 Å². The van der Waals surface area contributed by atoms with E-state index in [9.17, 15) is 14.4 Å². The fourth-order valence-corrected chi connectivity index (χ4v) is 3.16. The molecule has 0 saturated heterocycles. The van der Waals surface area contributed by atoms with Gasteiger partial charge in [0.2, 0.25) is 5.78 Å². The second-order valence-corrected chi connectivity index (χ2v) is 6.69. The smallest absolute Gasteiger partial charge is 0.313 e. The highest BCUT2D eigenvalue weighted by Gasteiger charge is 2.17. The molecule has 132 valence electrons. The number of furan rings is 1. The van der Waals surface area contributed by atoms with Gasteiger partial charge in [0.05, 0.1) is 17.7 Å². The van der Waals surface area contributed by atoms with Crippen LogP contribution in [0, 0.1) is 6.92 Å². The number of thiophene rings is 1. The van der Waals surface area contributed by atoms with E-state index in [4.69, 9.17) is 4.42 Å². The lowest BCUT2D eigenvalue weighted by atomic mass is 10.2. The quantitative estimate of drug-likeness (QED) is 0.535. The summed E-state index contributed by atoms with van der Waals surface area (Å²) in [5.74, 6) is -1.42. The Kier molecular flexibility index (Phi) is 5.28. The monoisotopic (exact) mass is 368 g/mol. The Labute approximate surface area is 153 Å². The Morgan fingerprint density at radius 1 is 1.00 bits per heavy atom. The number of aryl methyl sites for hydroxylation is 1. The van der Waals surface area contributed by atoms with Gasteiger partial charge in [0, 0.05) is 10.6 Å². The van der Waals surface area contributed by atoms with E-state index in [0.717, 1.165) is 10.4 Å². The van der Waals surface area contributed by atoms with Gasteiger partial charge in [-0.25, -0.2) is 0 Å². The van der Waals surface area contributed by atoms with Crippen LogP contribution in [0.5, 0.6) is 0 Å². The highest BCUT2D eigenvalue weighted by Crippen LogP contribution is 2.20. The van der Waals surface area contributed by atoms with Crippen molar-refractivity contribution in [3.8, 4) is 0 Å². The molecule has 26 heavy (non-hydrogen) atoms. The van der Waals surface area contributed by atoms with Crippen LogP contribution >= 0.6 is 11.3 Å². The molecule has 2 N–H and O–H groups in total. The summed E-state index contributed by atoms with van der Waals surface area (Å²) >= 11 is 1.24. The van der Waals surface area contributed by atoms with Crippen molar-refractivity contribution in [2.45, 2.75) is 13.5 Å². The average molecular weight is 368 g/mol. The van der Waals surface area contributed by atoms with E-state index in [-0.39, 0.29) is 18.1 Å². The predicted molar refractivity (Wildman–Crippen MR) is 98.1 cm³/mol. The van der Waals surface area contributed by atoms with Gasteiger partial charge in [-0.1, -0.05) is 18.2 Å². The number of nitrogens with one attached hydrogen (secondary N) is 2. The third kappa shape index (κ3) is 4.07. The van der Waals surface area contributed by atoms with E-state index in [1.54, 1.807) is 36.4 Å². The van der Waals surface area contributed by atoms with Crippen LogP contribution in [0.4, 0.5) is 5.69 Å². The van der Waals surface area contributed by atoms with Crippen LogP contribution in [0.25, 0.3) is 0 Å². The number of hydrogen-bond donors (Lipinski definition) is 2. The van der Waals surface area contributed by atoms with Gasteiger partial charge in [-0.3, -0.25) is 14.4 Å². The van der Waals surface area contributed by atoms with Gasteiger partial charge in [-0.15, -0.1) is 11.3 Å². The molecule has 0 spiro atoms. The first-order valence-electron chi connectivity index (χ1n) is 7.86. The van der Waals surface area contributed by atoms with E-state index < -0.39 is 11.8 Å². The number of anilines is 1. The molecule has 6 nitrogen and oxygen atoms in total. The van der Waals surface area contributed by atoms with Crippen LogP contribution in [-0.2, 0) is 16.1 Å². The molecule has 0 bridgehead atoms. The second-order valence-electron chi connectivity index (χ2n) is 5.52. The van der Waals surface area contributed by atoms with Gasteiger partial charge in [-0.2, -0.15) is 0 Å². The molecule has 3 aromatic rings. The Balaban J connectivity index is 1.55. The van der Waals surface area contributed by atoms with Crippen molar-refractivity contribution in [3.05, 3.63) is 75.9 Å². The summed E-state index contributed by atoms with van der Waals surface area (Å²) in [5.41, 5.74) is 1.46. The molecule has 0 aliphatic rings. The van der Waals surface area contributed by atoms with Crippen LogP contribution in [0.15, 0.2) is 59.2 Å². The average Bonchev–Trinajstić information content (AvgIpc) is 3.33. The molecule has 0 radical (unpaired) electrons. The van der Waals surface area contributed by atoms with Gasteiger partial charge < -0.3 is 15.1 Å². The fraction of sp³-hybridized carbons (Fsp3) is 0.105. The van der Waals surface area contributed by atoms with E-state index in [1.165, 1.54) is 17.6 Å². The van der Waals surface area contributed by atoms with Gasteiger partial charge in [-0.05, 0) is 42.8 Å². The molecule has 0 unspecified atom stereocenters. The molecule has 0 fully saturated rings. The molecule has 2 heterocycles. The van der Waals surface area contributed by atoms with Crippen LogP contribution in [0.3, 0.4) is 0 Å². The zero-order chi connectivity index (χ0) is 18.5. The second kappa shape index (κ2) is 7.79. The molecule has 2 amide bonds. The largest absolute Gasteiger partial charge is 0.461 e. The lowest BCUT2D eigenvalue weighted by molar-refractivity contribution is -0.136. The van der Waals surface area contributed by atoms with Crippen molar-refractivity contribution in [3.63, 3.8) is 0 Å². The summed E-state index contributed by atoms with van der Waals surface area (Å²) in [6.45, 7) is 2.01. The first-order chi connectivity index (χ1) is 12.5. The normalized spacial score (nSPS) is 10.3. The summed E-state index contributed by atoms with van der Waals surface area (Å²) < 4.78 is 5.09. The van der Waals surface area contributed by atoms with E-state index >= 15 is 0 Å². The van der Waals surface area contributed by atoms with Crippen LogP contribution in [-0.4, -0.2) is 17.6 Å². The molecular weight excluding hydrogens is 352 g/mol. The molecule has 1 aromatic carbocycles. The molecule has 0 aliphatic heterocycles. The summed E-state index contributed by atoms with van der Waals surface area (Å²) in [5, 5.41) is 5.12. The molecule has 0 aliphatic carbocycles. The fourth-order valence-electron chi connectivity index (χ4n) is 2.26. The number of para-hydroxylation sites is 1. The number of rotatable bonds is 5. The molecule has 7 heteroatoms. The van der Waals surface area contributed by atoms with Crippen LogP contribution in [0.1, 0.15) is 25.9 Å². The van der Waals surface area contributed by atoms with Crippen molar-refractivity contribution >= 4 is 34.6 Å². The standard InChI is InChI=1S/C19H16N2O4S/c1-12-5-2-3-6-14(12)21-19(24)18(23)20-11-13-8-9-16(26-13)17(22)15-7-4-10-25-15/h2-10H,11H2,1H3,(H,20,23)(H,21,24). The van der Waals surface area contributed by atoms with Crippen molar-refractivity contribution in [1.29, 1.82) is 0 Å². The lowest BCUT2D eigenvalue weighted by Gasteiger charge is -2.08. The molecule has 0 saturated carbocycles. The van der Waals surface area contributed by atoms with Crippen LogP contribution in [0.2, 0.25) is 0 Å². The van der Waals surface area contributed by atoms with Crippen molar-refractivity contribution in [2.75, 3.05) is 5.32 Å². The Bertz CT molecular complexity index is 944. The number of carbonyl (C=O) groups excluding carboxylic acids is 3. The number of benzene rings is 1. The minimum Gasteiger partial charge on any atom is -0.461 e. The Hall–Kier alpha value is -3.19. The molecule has 0 atom stereocenters. The number of ketones is 1. The van der Waals surface area contributed by atoms with Gasteiger partial charge in [0.25, 0.3) is 0 Å². The first-order valence-corrected chi connectivity index (χ1v) is 8.68. The number of hydrogen-bond acceptors (Lipinski definition) is 5. The summed E-state index contributed by atoms with van der Waals surface area (Å²) in [6.07, 6.45) is 1.44. The summed E-state index contributed by atoms with van der Waals surface area (Å²) in [6, 6.07) is 13.9. The zero-order valence-corrected chi connectivity index (χ0v) is 14.8. The number of amides is 2. The Morgan fingerprint density at radius 2 is 1.81 bits per heavy atom. The maximum absolute atomic E-state index is 12.2. The Morgan fingerprint density at radius 3 is 2.54 bits per heavy atom. The minimum absolute atomic E-state index is 0.163. The highest BCUT2D eigenvalue weighted by molar-refractivity contribution is 7.14. The van der Waals surface area contributed by atoms with Gasteiger partial charge in [0.1, 0.15) is 0 Å². The first kappa shape index (κ1) is 17.6. The SMILES string of the molecule is Cc1ccccc1NC(=O)C(=O)NCc1ccc(C(=O)c2ccco2)s1. The third-order valence-electron chi connectivity index (χ3n) is 3.65. The van der Waals surface area contributed by atoms with E-state index in [1.807, 2.05) is 19.1 Å². The molecule has 3 rings (SSSR count).